The summed E-state index contributed by atoms with van der Waals surface area (Å²) in [7, 11) is 0. The molecule has 1 atom stereocenters. The lowest BCUT2D eigenvalue weighted by Crippen LogP contribution is -2.21. The molecule has 2 heterocycles. The lowest BCUT2D eigenvalue weighted by atomic mass is 9.83. The Labute approximate surface area is 163 Å². The zero-order valence-corrected chi connectivity index (χ0v) is 15.8. The second kappa shape index (κ2) is 6.56. The van der Waals surface area contributed by atoms with E-state index in [1.165, 1.54) is 6.07 Å². The third kappa shape index (κ3) is 2.88. The Hall–Kier alpha value is -3.11. The number of nitrogens with one attached hydrogen (secondary N) is 1. The summed E-state index contributed by atoms with van der Waals surface area (Å²) in [4.78, 5) is 0. The number of halogens is 2. The van der Waals surface area contributed by atoms with Crippen LogP contribution >= 0.6 is 15.9 Å². The summed E-state index contributed by atoms with van der Waals surface area (Å²) in [5.74, 6) is -0.594. The molecule has 0 fully saturated rings. The largest absolute Gasteiger partial charge is 0.420 e. The fraction of sp³-hybridized carbons (Fsp3) is 0.100. The molecular formula is C20H14BrFN4O. The fourth-order valence-corrected chi connectivity index (χ4v) is 3.61. The number of rotatable bonds is 2. The van der Waals surface area contributed by atoms with Crippen molar-refractivity contribution in [3.63, 3.8) is 0 Å². The number of fused-ring (bicyclic) bond motifs is 1. The smallest absolute Gasteiger partial charge is 0.244 e. The van der Waals surface area contributed by atoms with Crippen LogP contribution in [0.3, 0.4) is 0 Å². The first kappa shape index (κ1) is 17.3. The number of ether oxygens (including phenoxy) is 1. The highest BCUT2D eigenvalue weighted by molar-refractivity contribution is 9.10. The topological polar surface area (TPSA) is 87.7 Å². The zero-order valence-electron chi connectivity index (χ0n) is 14.3. The van der Waals surface area contributed by atoms with E-state index in [4.69, 9.17) is 10.5 Å². The summed E-state index contributed by atoms with van der Waals surface area (Å²) >= 11 is 3.21. The van der Waals surface area contributed by atoms with Gasteiger partial charge in [-0.15, -0.1) is 5.10 Å². The van der Waals surface area contributed by atoms with E-state index in [-0.39, 0.29) is 17.3 Å². The number of allylic oxidation sites excluding steroid dienone is 1. The Morgan fingerprint density at radius 2 is 2.00 bits per heavy atom. The third-order valence-corrected chi connectivity index (χ3v) is 5.16. The van der Waals surface area contributed by atoms with E-state index in [0.717, 1.165) is 16.8 Å². The first-order chi connectivity index (χ1) is 13.0. The average molecular weight is 425 g/mol. The number of aromatic amines is 1. The Balaban J connectivity index is 1.95. The highest BCUT2D eigenvalue weighted by Gasteiger charge is 2.35. The minimum absolute atomic E-state index is 0.00240. The Morgan fingerprint density at radius 3 is 2.67 bits per heavy atom. The van der Waals surface area contributed by atoms with E-state index in [1.807, 2.05) is 31.2 Å². The number of nitrogens with zero attached hydrogens (tertiary/aromatic N) is 2. The van der Waals surface area contributed by atoms with Crippen molar-refractivity contribution in [2.45, 2.75) is 12.8 Å². The van der Waals surface area contributed by atoms with E-state index >= 15 is 0 Å². The molecule has 3 aromatic rings. The van der Waals surface area contributed by atoms with Crippen molar-refractivity contribution in [1.82, 2.24) is 10.2 Å². The molecule has 1 aromatic heterocycles. The molecule has 1 aliphatic heterocycles. The van der Waals surface area contributed by atoms with Crippen molar-refractivity contribution in [1.29, 1.82) is 5.26 Å². The molecule has 7 heteroatoms. The van der Waals surface area contributed by atoms with Gasteiger partial charge in [0.05, 0.1) is 21.6 Å². The fourth-order valence-electron chi connectivity index (χ4n) is 3.21. The maximum absolute atomic E-state index is 13.7. The summed E-state index contributed by atoms with van der Waals surface area (Å²) in [5.41, 5.74) is 10.4. The third-order valence-electron chi connectivity index (χ3n) is 4.56. The molecule has 0 unspecified atom stereocenters. The van der Waals surface area contributed by atoms with Crippen molar-refractivity contribution >= 4 is 15.9 Å². The van der Waals surface area contributed by atoms with Crippen LogP contribution < -0.4 is 10.5 Å². The van der Waals surface area contributed by atoms with Gasteiger partial charge in [-0.05, 0) is 40.5 Å². The molecule has 0 radical (unpaired) electrons. The molecule has 0 bridgehead atoms. The number of H-pyrrole nitrogens is 1. The number of nitrogens with two attached hydrogens (primary N) is 1. The molecule has 2 aromatic carbocycles. The molecule has 0 saturated carbocycles. The molecule has 0 spiro atoms. The maximum Gasteiger partial charge on any atom is 0.244 e. The summed E-state index contributed by atoms with van der Waals surface area (Å²) in [6.45, 7) is 2.01. The summed E-state index contributed by atoms with van der Waals surface area (Å²) in [5, 5.41) is 16.9. The van der Waals surface area contributed by atoms with E-state index in [0.29, 0.717) is 21.5 Å². The van der Waals surface area contributed by atoms with Gasteiger partial charge in [0.15, 0.2) is 0 Å². The monoisotopic (exact) mass is 424 g/mol. The zero-order chi connectivity index (χ0) is 19.1. The minimum atomic E-state index is -0.522. The highest BCUT2D eigenvalue weighted by atomic mass is 79.9. The maximum atomic E-state index is 13.7. The number of nitriles is 1. The van der Waals surface area contributed by atoms with Crippen LogP contribution in [0, 0.1) is 24.1 Å². The number of benzene rings is 2. The van der Waals surface area contributed by atoms with Crippen LogP contribution in [0.4, 0.5) is 4.39 Å². The van der Waals surface area contributed by atoms with Gasteiger partial charge in [-0.3, -0.25) is 5.10 Å². The molecule has 3 N–H and O–H groups in total. The van der Waals surface area contributed by atoms with Crippen LogP contribution in [-0.2, 0) is 0 Å². The predicted molar refractivity (Wildman–Crippen MR) is 102 cm³/mol. The Bertz CT molecular complexity index is 1110. The van der Waals surface area contributed by atoms with Gasteiger partial charge in [-0.1, -0.05) is 35.9 Å². The van der Waals surface area contributed by atoms with E-state index in [9.17, 15) is 9.65 Å². The lowest BCUT2D eigenvalue weighted by Gasteiger charge is -2.24. The van der Waals surface area contributed by atoms with Gasteiger partial charge in [-0.2, -0.15) is 5.26 Å². The second-order valence-electron chi connectivity index (χ2n) is 6.28. The summed E-state index contributed by atoms with van der Waals surface area (Å²) in [6.07, 6.45) is 0. The van der Waals surface area contributed by atoms with Crippen LogP contribution in [-0.4, -0.2) is 10.2 Å². The van der Waals surface area contributed by atoms with Crippen LogP contribution in [0.5, 0.6) is 5.88 Å². The Morgan fingerprint density at radius 1 is 1.26 bits per heavy atom. The number of hydrogen-bond donors (Lipinski definition) is 2. The molecule has 0 saturated heterocycles. The molecule has 0 amide bonds. The minimum Gasteiger partial charge on any atom is -0.420 e. The standard InChI is InChI=1S/C20H14BrFN4O/c1-10-2-4-11(5-3-10)18-17-16(12-6-7-15(22)14(21)8-12)13(9-23)19(24)27-20(17)26-25-18/h2-8,16H,24H2,1H3,(H,25,26)/t16-/m1/s1. The first-order valence-electron chi connectivity index (χ1n) is 8.17. The highest BCUT2D eigenvalue weighted by Crippen LogP contribution is 2.46. The van der Waals surface area contributed by atoms with Crippen molar-refractivity contribution in [3.8, 4) is 23.2 Å². The van der Waals surface area contributed by atoms with Crippen molar-refractivity contribution in [2.24, 2.45) is 5.73 Å². The molecule has 27 heavy (non-hydrogen) atoms. The van der Waals surface area contributed by atoms with E-state index in [2.05, 4.69) is 32.2 Å². The predicted octanol–water partition coefficient (Wildman–Crippen LogP) is 4.50. The van der Waals surface area contributed by atoms with Crippen LogP contribution in [0.15, 0.2) is 58.4 Å². The van der Waals surface area contributed by atoms with Crippen molar-refractivity contribution < 1.29 is 9.13 Å². The van der Waals surface area contributed by atoms with Crippen LogP contribution in [0.2, 0.25) is 0 Å². The van der Waals surface area contributed by atoms with Crippen molar-refractivity contribution in [3.05, 3.63) is 80.9 Å². The summed E-state index contributed by atoms with van der Waals surface area (Å²) in [6, 6.07) is 14.7. The van der Waals surface area contributed by atoms with E-state index in [1.54, 1.807) is 12.1 Å². The van der Waals surface area contributed by atoms with Gasteiger partial charge < -0.3 is 10.5 Å². The molecular weight excluding hydrogens is 411 g/mol. The van der Waals surface area contributed by atoms with Gasteiger partial charge in [0.25, 0.3) is 0 Å². The van der Waals surface area contributed by atoms with Crippen LogP contribution in [0.25, 0.3) is 11.3 Å². The van der Waals surface area contributed by atoms with Gasteiger partial charge in [-0.25, -0.2) is 4.39 Å². The lowest BCUT2D eigenvalue weighted by molar-refractivity contribution is 0.379. The van der Waals surface area contributed by atoms with Crippen molar-refractivity contribution in [2.75, 3.05) is 0 Å². The van der Waals surface area contributed by atoms with Gasteiger partial charge in [0.2, 0.25) is 11.8 Å². The molecule has 0 aliphatic carbocycles. The SMILES string of the molecule is Cc1ccc(-c2[nH]nc3c2[C@H](c2ccc(F)c(Br)c2)C(C#N)=C(N)O3)cc1. The molecule has 134 valence electrons. The number of aromatic nitrogens is 2. The number of aryl methyl sites for hydroxylation is 1. The normalized spacial score (nSPS) is 15.9. The molecule has 4 rings (SSSR count). The molecule has 1 aliphatic rings. The number of hydrogen-bond acceptors (Lipinski definition) is 4. The van der Waals surface area contributed by atoms with Crippen LogP contribution in [0.1, 0.15) is 22.6 Å². The average Bonchev–Trinajstić information content (AvgIpc) is 3.07. The van der Waals surface area contributed by atoms with E-state index < -0.39 is 5.92 Å². The first-order valence-corrected chi connectivity index (χ1v) is 8.96. The summed E-state index contributed by atoms with van der Waals surface area (Å²) < 4.78 is 19.6. The quantitative estimate of drug-likeness (QED) is 0.633. The van der Waals surface area contributed by atoms with Gasteiger partial charge in [0.1, 0.15) is 17.5 Å². The molecule has 5 nitrogen and oxygen atoms in total. The Kier molecular flexibility index (Phi) is 4.21. The van der Waals surface area contributed by atoms with Gasteiger partial charge >= 0.3 is 0 Å². The van der Waals surface area contributed by atoms with Gasteiger partial charge in [0, 0.05) is 5.56 Å². The second-order valence-corrected chi connectivity index (χ2v) is 7.14.